The Morgan fingerprint density at radius 2 is 1.97 bits per heavy atom. The number of benzene rings is 1. The van der Waals surface area contributed by atoms with E-state index in [0.29, 0.717) is 30.1 Å². The molecule has 3 rings (SSSR count). The number of carbonyl (C=O) groups is 2. The van der Waals surface area contributed by atoms with Crippen molar-refractivity contribution in [1.29, 1.82) is 0 Å². The molecule has 2 N–H and O–H groups in total. The van der Waals surface area contributed by atoms with Crippen molar-refractivity contribution in [1.82, 2.24) is 5.32 Å². The van der Waals surface area contributed by atoms with Crippen molar-refractivity contribution >= 4 is 28.2 Å². The Hall–Kier alpha value is -2.39. The lowest BCUT2D eigenvalue weighted by Gasteiger charge is -2.13. The van der Waals surface area contributed by atoms with E-state index in [4.69, 9.17) is 4.74 Å². The third-order valence-electron chi connectivity index (χ3n) is 5.08. The fourth-order valence-electron chi connectivity index (χ4n) is 3.61. The zero-order valence-corrected chi connectivity index (χ0v) is 18.0. The summed E-state index contributed by atoms with van der Waals surface area (Å²) in [6.07, 6.45) is -0.366. The number of amides is 2. The molecule has 1 aliphatic rings. The molecule has 168 valence electrons. The molecule has 1 aliphatic carbocycles. The molecule has 0 bridgehead atoms. The number of rotatable bonds is 8. The Kier molecular flexibility index (Phi) is 7.72. The van der Waals surface area contributed by atoms with E-state index in [1.54, 1.807) is 7.11 Å². The molecule has 2 aromatic rings. The van der Waals surface area contributed by atoms with Gasteiger partial charge in [0.15, 0.2) is 0 Å². The number of aryl methyl sites for hydroxylation is 1. The standard InChI is InChI=1S/C22H25F3N2O3S/c1-30-11-5-10-26-20(29)19-16-8-2-3-9-17(16)31-21(19)27-18(28)13-14-6-4-7-15(12-14)22(23,24)25/h4,6-7,12H,2-3,5,8-11,13H2,1H3,(H,26,29)(H,27,28). The third-order valence-corrected chi connectivity index (χ3v) is 6.29. The number of carbonyl (C=O) groups excluding carboxylic acids is 2. The Morgan fingerprint density at radius 3 is 2.71 bits per heavy atom. The molecule has 1 heterocycles. The molecular formula is C22H25F3N2O3S. The summed E-state index contributed by atoms with van der Waals surface area (Å²) in [7, 11) is 1.59. The van der Waals surface area contributed by atoms with Crippen LogP contribution in [0.3, 0.4) is 0 Å². The number of anilines is 1. The van der Waals surface area contributed by atoms with Gasteiger partial charge in [-0.2, -0.15) is 13.2 Å². The topological polar surface area (TPSA) is 67.4 Å². The first kappa shape index (κ1) is 23.3. The minimum atomic E-state index is -4.46. The molecule has 9 heteroatoms. The highest BCUT2D eigenvalue weighted by Gasteiger charge is 2.30. The largest absolute Gasteiger partial charge is 0.416 e. The number of halogens is 3. The molecule has 0 aliphatic heterocycles. The number of hydrogen-bond donors (Lipinski definition) is 2. The zero-order valence-electron chi connectivity index (χ0n) is 17.2. The van der Waals surface area contributed by atoms with Gasteiger partial charge >= 0.3 is 6.18 Å². The molecule has 5 nitrogen and oxygen atoms in total. The van der Waals surface area contributed by atoms with E-state index in [0.717, 1.165) is 48.3 Å². The second-order valence-corrected chi connectivity index (χ2v) is 8.55. The van der Waals surface area contributed by atoms with Gasteiger partial charge in [-0.15, -0.1) is 11.3 Å². The summed E-state index contributed by atoms with van der Waals surface area (Å²) in [5.41, 5.74) is 0.920. The van der Waals surface area contributed by atoms with Crippen LogP contribution in [0.4, 0.5) is 18.2 Å². The molecule has 0 saturated heterocycles. The van der Waals surface area contributed by atoms with Gasteiger partial charge in [-0.3, -0.25) is 9.59 Å². The normalized spacial score (nSPS) is 13.5. The first-order chi connectivity index (χ1) is 14.8. The fourth-order valence-corrected chi connectivity index (χ4v) is 4.92. The zero-order chi connectivity index (χ0) is 22.4. The number of ether oxygens (including phenoxy) is 1. The van der Waals surface area contributed by atoms with E-state index in [1.807, 2.05) is 0 Å². The van der Waals surface area contributed by atoms with Gasteiger partial charge in [-0.25, -0.2) is 0 Å². The number of nitrogens with one attached hydrogen (secondary N) is 2. The van der Waals surface area contributed by atoms with E-state index in [1.165, 1.54) is 23.5 Å². The van der Waals surface area contributed by atoms with Gasteiger partial charge in [-0.1, -0.05) is 18.2 Å². The molecule has 0 radical (unpaired) electrons. The van der Waals surface area contributed by atoms with Crippen molar-refractivity contribution in [3.05, 3.63) is 51.4 Å². The lowest BCUT2D eigenvalue weighted by Crippen LogP contribution is -2.27. The molecule has 2 amide bonds. The van der Waals surface area contributed by atoms with Gasteiger partial charge in [0.1, 0.15) is 5.00 Å². The summed E-state index contributed by atoms with van der Waals surface area (Å²) >= 11 is 1.38. The van der Waals surface area contributed by atoms with Gasteiger partial charge in [0.2, 0.25) is 5.91 Å². The van der Waals surface area contributed by atoms with Crippen molar-refractivity contribution in [2.24, 2.45) is 0 Å². The van der Waals surface area contributed by atoms with Crippen molar-refractivity contribution < 1.29 is 27.5 Å². The molecule has 0 saturated carbocycles. The lowest BCUT2D eigenvalue weighted by atomic mass is 9.95. The minimum Gasteiger partial charge on any atom is -0.385 e. The number of hydrogen-bond acceptors (Lipinski definition) is 4. The number of alkyl halides is 3. The number of fused-ring (bicyclic) bond motifs is 1. The number of thiophene rings is 1. The van der Waals surface area contributed by atoms with Crippen LogP contribution in [0.5, 0.6) is 0 Å². The van der Waals surface area contributed by atoms with E-state index >= 15 is 0 Å². The molecule has 1 aromatic heterocycles. The summed E-state index contributed by atoms with van der Waals surface area (Å²) in [6.45, 7) is 0.984. The van der Waals surface area contributed by atoms with E-state index in [9.17, 15) is 22.8 Å². The van der Waals surface area contributed by atoms with Gasteiger partial charge in [0.05, 0.1) is 17.5 Å². The molecule has 0 atom stereocenters. The SMILES string of the molecule is COCCCNC(=O)c1c(NC(=O)Cc2cccc(C(F)(F)F)c2)sc2c1CCCC2. The monoisotopic (exact) mass is 454 g/mol. The molecular weight excluding hydrogens is 429 g/mol. The van der Waals surface area contributed by atoms with E-state index in [2.05, 4.69) is 10.6 Å². The van der Waals surface area contributed by atoms with E-state index < -0.39 is 17.6 Å². The van der Waals surface area contributed by atoms with Crippen LogP contribution < -0.4 is 10.6 Å². The van der Waals surface area contributed by atoms with Crippen molar-refractivity contribution in [2.75, 3.05) is 25.6 Å². The Morgan fingerprint density at radius 1 is 1.19 bits per heavy atom. The first-order valence-electron chi connectivity index (χ1n) is 10.2. The van der Waals surface area contributed by atoms with Crippen LogP contribution in [0.2, 0.25) is 0 Å². The number of methoxy groups -OCH3 is 1. The average Bonchev–Trinajstić information content (AvgIpc) is 3.08. The fraction of sp³-hybridized carbons (Fsp3) is 0.455. The maximum Gasteiger partial charge on any atom is 0.416 e. The predicted octanol–water partition coefficient (Wildman–Crippen LogP) is 4.59. The average molecular weight is 455 g/mol. The van der Waals surface area contributed by atoms with Crippen LogP contribution in [-0.4, -0.2) is 32.1 Å². The van der Waals surface area contributed by atoms with Gasteiger partial charge in [-0.05, 0) is 49.3 Å². The summed E-state index contributed by atoms with van der Waals surface area (Å²) in [6, 6.07) is 4.72. The first-order valence-corrected chi connectivity index (χ1v) is 11.0. The quantitative estimate of drug-likeness (QED) is 0.573. The van der Waals surface area contributed by atoms with Crippen LogP contribution in [0.15, 0.2) is 24.3 Å². The molecule has 31 heavy (non-hydrogen) atoms. The maximum atomic E-state index is 12.9. The summed E-state index contributed by atoms with van der Waals surface area (Å²) in [4.78, 5) is 26.5. The van der Waals surface area contributed by atoms with Gasteiger partial charge in [0.25, 0.3) is 5.91 Å². The Balaban J connectivity index is 1.75. The summed E-state index contributed by atoms with van der Waals surface area (Å²) in [5, 5.41) is 6.10. The third kappa shape index (κ3) is 6.07. The highest BCUT2D eigenvalue weighted by atomic mass is 32.1. The van der Waals surface area contributed by atoms with Crippen molar-refractivity contribution in [3.63, 3.8) is 0 Å². The molecule has 0 unspecified atom stereocenters. The van der Waals surface area contributed by atoms with Gasteiger partial charge in [0, 0.05) is 25.1 Å². The second kappa shape index (κ2) is 10.3. The van der Waals surface area contributed by atoms with Crippen LogP contribution in [0.1, 0.15) is 51.2 Å². The predicted molar refractivity (Wildman–Crippen MR) is 114 cm³/mol. The summed E-state index contributed by atoms with van der Waals surface area (Å²) < 4.78 is 43.8. The minimum absolute atomic E-state index is 0.207. The maximum absolute atomic E-state index is 12.9. The van der Waals surface area contributed by atoms with Crippen molar-refractivity contribution in [3.8, 4) is 0 Å². The molecule has 1 aromatic carbocycles. The van der Waals surface area contributed by atoms with Crippen molar-refractivity contribution in [2.45, 2.75) is 44.7 Å². The van der Waals surface area contributed by atoms with E-state index in [-0.39, 0.29) is 17.9 Å². The Bertz CT molecular complexity index is 941. The highest BCUT2D eigenvalue weighted by molar-refractivity contribution is 7.17. The lowest BCUT2D eigenvalue weighted by molar-refractivity contribution is -0.137. The van der Waals surface area contributed by atoms with Crippen LogP contribution in [-0.2, 0) is 35.0 Å². The Labute approximate surface area is 183 Å². The second-order valence-electron chi connectivity index (χ2n) is 7.44. The van der Waals surface area contributed by atoms with Crippen LogP contribution >= 0.6 is 11.3 Å². The van der Waals surface area contributed by atoms with Crippen LogP contribution in [0.25, 0.3) is 0 Å². The van der Waals surface area contributed by atoms with Gasteiger partial charge < -0.3 is 15.4 Å². The highest BCUT2D eigenvalue weighted by Crippen LogP contribution is 2.38. The molecule has 0 spiro atoms. The summed E-state index contributed by atoms with van der Waals surface area (Å²) in [5.74, 6) is -0.698. The smallest absolute Gasteiger partial charge is 0.385 e. The molecule has 0 fully saturated rings. The van der Waals surface area contributed by atoms with Crippen LogP contribution in [0, 0.1) is 0 Å².